The second-order valence-electron chi connectivity index (χ2n) is 9.66. The van der Waals surface area contributed by atoms with Gasteiger partial charge in [0.25, 0.3) is 5.91 Å². The molecule has 0 spiro atoms. The SMILES string of the molecule is O=C(COc1ccc(Cl)cc1[C@H]1c2sc(=O)[nH]c2SC2C(=O)N(c3ccccc3C(F)(F)F)C(=O)C21)Nc1ccccc1. The number of thiazole rings is 1. The van der Waals surface area contributed by atoms with Crippen molar-refractivity contribution in [2.45, 2.75) is 22.4 Å². The molecule has 3 aromatic carbocycles. The van der Waals surface area contributed by atoms with Crippen LogP contribution < -0.4 is 19.8 Å². The number of anilines is 2. The number of ether oxygens (including phenoxy) is 1. The number of hydrogen-bond acceptors (Lipinski definition) is 7. The van der Waals surface area contributed by atoms with E-state index in [1.54, 1.807) is 30.3 Å². The summed E-state index contributed by atoms with van der Waals surface area (Å²) in [5, 5.41) is 2.11. The molecular formula is C29H19ClF3N3O5S2. The number of fused-ring (bicyclic) bond motifs is 2. The standard InChI is InChI=1S/C29H19ClF3N3O5S2/c30-14-10-11-19(41-13-20(37)34-15-6-2-1-3-7-15)16(12-14)21-22-24(42-25-23(21)43-28(40)35-25)27(39)36(26(22)38)18-9-5-4-8-17(18)29(31,32)33/h1-12,21-22,24H,13H2,(H,34,37)(H,35,40)/t21-,22?,24?/m1/s1. The average molecular weight is 646 g/mol. The van der Waals surface area contributed by atoms with Crippen LogP contribution in [0.2, 0.25) is 5.02 Å². The maximum Gasteiger partial charge on any atom is 0.418 e. The van der Waals surface area contributed by atoms with Gasteiger partial charge in [0, 0.05) is 27.1 Å². The van der Waals surface area contributed by atoms with Crippen LogP contribution in [0.3, 0.4) is 0 Å². The van der Waals surface area contributed by atoms with Crippen LogP contribution in [0.1, 0.15) is 21.9 Å². The number of carbonyl (C=O) groups excluding carboxylic acids is 3. The Labute approximate surface area is 254 Å². The zero-order valence-electron chi connectivity index (χ0n) is 21.7. The van der Waals surface area contributed by atoms with Crippen molar-refractivity contribution < 1.29 is 32.3 Å². The summed E-state index contributed by atoms with van der Waals surface area (Å²) in [4.78, 5) is 56.0. The fraction of sp³-hybridized carbons (Fsp3) is 0.172. The molecule has 3 heterocycles. The van der Waals surface area contributed by atoms with Gasteiger partial charge in [0.1, 0.15) is 11.0 Å². The number of hydrogen-bond donors (Lipinski definition) is 2. The van der Waals surface area contributed by atoms with Crippen molar-refractivity contribution in [3.8, 4) is 5.75 Å². The molecule has 2 aliphatic heterocycles. The molecule has 8 nitrogen and oxygen atoms in total. The Kier molecular flexibility index (Phi) is 7.57. The van der Waals surface area contributed by atoms with Crippen molar-refractivity contribution in [3.05, 3.63) is 103 Å². The largest absolute Gasteiger partial charge is 0.483 e. The van der Waals surface area contributed by atoms with E-state index in [0.717, 1.165) is 35.2 Å². The van der Waals surface area contributed by atoms with Gasteiger partial charge in [0.15, 0.2) is 6.61 Å². The highest BCUT2D eigenvalue weighted by Gasteiger charge is 2.57. The number of benzene rings is 3. The average Bonchev–Trinajstić information content (AvgIpc) is 3.46. The third-order valence-corrected chi connectivity index (χ3v) is 9.63. The molecule has 2 N–H and O–H groups in total. The van der Waals surface area contributed by atoms with E-state index in [1.165, 1.54) is 30.3 Å². The summed E-state index contributed by atoms with van der Waals surface area (Å²) in [5.41, 5.74) is -0.846. The van der Waals surface area contributed by atoms with E-state index in [0.29, 0.717) is 26.1 Å². The second-order valence-corrected chi connectivity index (χ2v) is 12.3. The predicted octanol–water partition coefficient (Wildman–Crippen LogP) is 5.92. The number of aromatic nitrogens is 1. The van der Waals surface area contributed by atoms with Crippen LogP contribution in [0.15, 0.2) is 82.6 Å². The number of para-hydroxylation sites is 2. The maximum atomic E-state index is 14.0. The predicted molar refractivity (Wildman–Crippen MR) is 156 cm³/mol. The van der Waals surface area contributed by atoms with Crippen molar-refractivity contribution in [2.75, 3.05) is 16.8 Å². The molecule has 0 aliphatic carbocycles. The zero-order valence-corrected chi connectivity index (χ0v) is 24.1. The third-order valence-electron chi connectivity index (χ3n) is 7.00. The number of imide groups is 1. The summed E-state index contributed by atoms with van der Waals surface area (Å²) in [6, 6.07) is 17.6. The van der Waals surface area contributed by atoms with Gasteiger partial charge >= 0.3 is 11.0 Å². The zero-order chi connectivity index (χ0) is 30.5. The van der Waals surface area contributed by atoms with Gasteiger partial charge in [0.05, 0.1) is 22.2 Å². The molecule has 14 heteroatoms. The molecule has 1 aromatic heterocycles. The Morgan fingerprint density at radius 1 is 1.00 bits per heavy atom. The van der Waals surface area contributed by atoms with Gasteiger partial charge in [-0.2, -0.15) is 13.2 Å². The Bertz CT molecular complexity index is 1810. The van der Waals surface area contributed by atoms with Gasteiger partial charge in [-0.3, -0.25) is 19.2 Å². The summed E-state index contributed by atoms with van der Waals surface area (Å²) >= 11 is 8.09. The minimum Gasteiger partial charge on any atom is -0.483 e. The Morgan fingerprint density at radius 3 is 2.47 bits per heavy atom. The topological polar surface area (TPSA) is 109 Å². The van der Waals surface area contributed by atoms with Crippen LogP contribution in [0.5, 0.6) is 5.75 Å². The molecule has 0 bridgehead atoms. The molecule has 1 fully saturated rings. The number of alkyl halides is 3. The van der Waals surface area contributed by atoms with Crippen LogP contribution in [0, 0.1) is 5.92 Å². The molecular weight excluding hydrogens is 627 g/mol. The Balaban J connectivity index is 1.40. The lowest BCUT2D eigenvalue weighted by atomic mass is 9.82. The number of nitrogens with one attached hydrogen (secondary N) is 2. The van der Waals surface area contributed by atoms with E-state index in [1.807, 2.05) is 0 Å². The summed E-state index contributed by atoms with van der Waals surface area (Å²) in [6.45, 7) is -0.423. The maximum absolute atomic E-state index is 14.0. The van der Waals surface area contributed by atoms with Gasteiger partial charge in [-0.05, 0) is 42.5 Å². The first-order valence-electron chi connectivity index (χ1n) is 12.7. The van der Waals surface area contributed by atoms with Gasteiger partial charge in [-0.15, -0.1) is 0 Å². The minimum atomic E-state index is -4.82. The molecule has 6 rings (SSSR count). The summed E-state index contributed by atoms with van der Waals surface area (Å²) in [5.74, 6) is -4.20. The van der Waals surface area contributed by atoms with Crippen LogP contribution >= 0.6 is 34.7 Å². The van der Waals surface area contributed by atoms with E-state index in [2.05, 4.69) is 10.3 Å². The smallest absolute Gasteiger partial charge is 0.418 e. The lowest BCUT2D eigenvalue weighted by Crippen LogP contribution is -2.33. The number of aromatic amines is 1. The van der Waals surface area contributed by atoms with Crippen LogP contribution in [-0.2, 0) is 20.6 Å². The van der Waals surface area contributed by atoms with E-state index in [9.17, 15) is 32.3 Å². The van der Waals surface area contributed by atoms with E-state index < -0.39 is 63.7 Å². The van der Waals surface area contributed by atoms with Gasteiger partial charge in [-0.25, -0.2) is 4.90 Å². The normalized spacial score (nSPS) is 19.6. The first-order valence-corrected chi connectivity index (χ1v) is 14.8. The van der Waals surface area contributed by atoms with Gasteiger partial charge in [0.2, 0.25) is 11.8 Å². The fourth-order valence-corrected chi connectivity index (χ4v) is 7.94. The first-order chi connectivity index (χ1) is 20.5. The van der Waals surface area contributed by atoms with Gasteiger partial charge < -0.3 is 15.0 Å². The van der Waals surface area contributed by atoms with Crippen LogP contribution in [-0.4, -0.2) is 34.6 Å². The van der Waals surface area contributed by atoms with Crippen LogP contribution in [0.4, 0.5) is 24.5 Å². The lowest BCUT2D eigenvalue weighted by molar-refractivity contribution is -0.137. The van der Waals surface area contributed by atoms with Crippen molar-refractivity contribution in [2.24, 2.45) is 5.92 Å². The van der Waals surface area contributed by atoms with Crippen molar-refractivity contribution in [1.29, 1.82) is 0 Å². The number of thioether (sulfide) groups is 1. The molecule has 4 aromatic rings. The molecule has 220 valence electrons. The molecule has 2 unspecified atom stereocenters. The minimum absolute atomic E-state index is 0.157. The molecule has 3 atom stereocenters. The van der Waals surface area contributed by atoms with Crippen LogP contribution in [0.25, 0.3) is 0 Å². The quantitative estimate of drug-likeness (QED) is 0.252. The monoisotopic (exact) mass is 645 g/mol. The third kappa shape index (κ3) is 5.43. The number of amides is 3. The highest BCUT2D eigenvalue weighted by Crippen LogP contribution is 2.55. The highest BCUT2D eigenvalue weighted by atomic mass is 35.5. The number of halogens is 4. The van der Waals surface area contributed by atoms with Gasteiger partial charge in [-0.1, -0.05) is 65.0 Å². The molecule has 43 heavy (non-hydrogen) atoms. The van der Waals surface area contributed by atoms with Crippen molar-refractivity contribution in [3.63, 3.8) is 0 Å². The number of rotatable bonds is 6. The summed E-state index contributed by atoms with van der Waals surface area (Å²) in [6.07, 6.45) is -4.82. The molecule has 2 aliphatic rings. The Hall–Kier alpha value is -4.07. The van der Waals surface area contributed by atoms with E-state index in [4.69, 9.17) is 16.3 Å². The van der Waals surface area contributed by atoms with Crippen molar-refractivity contribution >= 4 is 63.8 Å². The second kappa shape index (κ2) is 11.2. The first kappa shape index (κ1) is 29.0. The Morgan fingerprint density at radius 2 is 1.72 bits per heavy atom. The molecule has 3 amide bonds. The molecule has 0 saturated carbocycles. The number of carbonyl (C=O) groups is 3. The van der Waals surface area contributed by atoms with E-state index >= 15 is 0 Å². The van der Waals surface area contributed by atoms with E-state index in [-0.39, 0.29) is 10.8 Å². The fourth-order valence-electron chi connectivity index (χ4n) is 5.25. The number of H-pyrrole nitrogens is 1. The lowest BCUT2D eigenvalue weighted by Gasteiger charge is -2.31. The summed E-state index contributed by atoms with van der Waals surface area (Å²) < 4.78 is 47.6. The molecule has 1 saturated heterocycles. The van der Waals surface area contributed by atoms with Crippen molar-refractivity contribution in [1.82, 2.24) is 4.98 Å². The summed E-state index contributed by atoms with van der Waals surface area (Å²) in [7, 11) is 0. The molecule has 0 radical (unpaired) electrons. The number of nitrogens with zero attached hydrogens (tertiary/aromatic N) is 1. The highest BCUT2D eigenvalue weighted by molar-refractivity contribution is 8.00.